The molecule has 0 saturated heterocycles. The van der Waals surface area contributed by atoms with Gasteiger partial charge in [-0.25, -0.2) is 0 Å². The van der Waals surface area contributed by atoms with E-state index in [4.69, 9.17) is 0 Å². The van der Waals surface area contributed by atoms with Gasteiger partial charge in [0.2, 0.25) is 5.89 Å². The Labute approximate surface area is 63.4 Å². The van der Waals surface area contributed by atoms with Crippen molar-refractivity contribution in [2.75, 3.05) is 7.11 Å². The van der Waals surface area contributed by atoms with E-state index in [-0.39, 0.29) is 18.3 Å². The van der Waals surface area contributed by atoms with Gasteiger partial charge in [0.05, 0.1) is 7.11 Å². The molecule has 0 aliphatic rings. The second-order valence-corrected chi connectivity index (χ2v) is 1.99. The van der Waals surface area contributed by atoms with Gasteiger partial charge in [0, 0.05) is 0 Å². The highest BCUT2D eigenvalue weighted by Crippen LogP contribution is 1.97. The number of aromatic nitrogens is 2. The van der Waals surface area contributed by atoms with E-state index in [9.17, 15) is 4.79 Å². The highest BCUT2D eigenvalue weighted by Gasteiger charge is 2.08. The minimum absolute atomic E-state index is 0.0390. The van der Waals surface area contributed by atoms with Crippen molar-refractivity contribution in [3.8, 4) is 0 Å². The summed E-state index contributed by atoms with van der Waals surface area (Å²) in [5.74, 6) is 0.423. The van der Waals surface area contributed by atoms with E-state index in [1.54, 1.807) is 6.92 Å². The SMILES string of the molecule is COC(=O)Cc1nc(C)no1. The Morgan fingerprint density at radius 1 is 1.73 bits per heavy atom. The molecular weight excluding hydrogens is 148 g/mol. The molecule has 1 aromatic heterocycles. The molecule has 0 atom stereocenters. The molecule has 0 amide bonds. The van der Waals surface area contributed by atoms with Crippen LogP contribution in [0.5, 0.6) is 0 Å². The zero-order valence-corrected chi connectivity index (χ0v) is 6.33. The Balaban J connectivity index is 2.57. The van der Waals surface area contributed by atoms with Gasteiger partial charge in [-0.2, -0.15) is 4.98 Å². The number of hydrogen-bond donors (Lipinski definition) is 0. The summed E-state index contributed by atoms with van der Waals surface area (Å²) in [5.41, 5.74) is 0. The fourth-order valence-electron chi connectivity index (χ4n) is 0.607. The van der Waals surface area contributed by atoms with Crippen LogP contribution in [0.2, 0.25) is 0 Å². The molecule has 60 valence electrons. The third-order valence-electron chi connectivity index (χ3n) is 1.09. The van der Waals surface area contributed by atoms with Gasteiger partial charge in [0.1, 0.15) is 6.42 Å². The number of esters is 1. The van der Waals surface area contributed by atoms with Gasteiger partial charge >= 0.3 is 5.97 Å². The smallest absolute Gasteiger partial charge is 0.315 e. The van der Waals surface area contributed by atoms with Crippen LogP contribution in [0, 0.1) is 6.92 Å². The van der Waals surface area contributed by atoms with Crippen molar-refractivity contribution in [2.24, 2.45) is 0 Å². The quantitative estimate of drug-likeness (QED) is 0.568. The third kappa shape index (κ3) is 2.03. The molecule has 0 aliphatic carbocycles. The first-order valence-electron chi connectivity index (χ1n) is 3.08. The molecule has 1 aromatic rings. The predicted octanol–water partition coefficient (Wildman–Crippen LogP) is 0.0935. The number of aryl methyl sites for hydroxylation is 1. The minimum atomic E-state index is -0.381. The van der Waals surface area contributed by atoms with Crippen LogP contribution in [-0.2, 0) is 16.0 Å². The number of ether oxygens (including phenoxy) is 1. The van der Waals surface area contributed by atoms with Crippen LogP contribution in [0.4, 0.5) is 0 Å². The fourth-order valence-corrected chi connectivity index (χ4v) is 0.607. The average Bonchev–Trinajstić information content (AvgIpc) is 2.35. The molecule has 0 unspecified atom stereocenters. The van der Waals surface area contributed by atoms with Gasteiger partial charge in [-0.1, -0.05) is 5.16 Å². The lowest BCUT2D eigenvalue weighted by Crippen LogP contribution is -2.04. The maximum atomic E-state index is 10.6. The summed E-state index contributed by atoms with van der Waals surface area (Å²) in [4.78, 5) is 14.5. The molecule has 1 heterocycles. The molecule has 5 heteroatoms. The first kappa shape index (κ1) is 7.71. The minimum Gasteiger partial charge on any atom is -0.469 e. The van der Waals surface area contributed by atoms with Crippen molar-refractivity contribution in [3.05, 3.63) is 11.7 Å². The highest BCUT2D eigenvalue weighted by atomic mass is 16.5. The van der Waals surface area contributed by atoms with Crippen molar-refractivity contribution in [1.82, 2.24) is 10.1 Å². The summed E-state index contributed by atoms with van der Waals surface area (Å²) in [5, 5.41) is 3.51. The number of methoxy groups -OCH3 is 1. The van der Waals surface area contributed by atoms with E-state index in [0.29, 0.717) is 5.82 Å². The number of carbonyl (C=O) groups is 1. The van der Waals surface area contributed by atoms with Gasteiger partial charge in [-0.05, 0) is 6.92 Å². The van der Waals surface area contributed by atoms with E-state index < -0.39 is 0 Å². The van der Waals surface area contributed by atoms with Gasteiger partial charge in [0.25, 0.3) is 0 Å². The zero-order chi connectivity index (χ0) is 8.27. The summed E-state index contributed by atoms with van der Waals surface area (Å²) >= 11 is 0. The third-order valence-corrected chi connectivity index (χ3v) is 1.09. The Hall–Kier alpha value is -1.39. The Morgan fingerprint density at radius 3 is 2.91 bits per heavy atom. The number of rotatable bonds is 2. The van der Waals surface area contributed by atoms with Gasteiger partial charge in [0.15, 0.2) is 5.82 Å². The van der Waals surface area contributed by atoms with Crippen LogP contribution in [-0.4, -0.2) is 23.2 Å². The maximum Gasteiger partial charge on any atom is 0.315 e. The lowest BCUT2D eigenvalue weighted by molar-refractivity contribution is -0.140. The van der Waals surface area contributed by atoms with E-state index in [0.717, 1.165) is 0 Å². The van der Waals surface area contributed by atoms with Gasteiger partial charge < -0.3 is 9.26 Å². The molecule has 0 fully saturated rings. The van der Waals surface area contributed by atoms with Crippen LogP contribution >= 0.6 is 0 Å². The molecule has 0 bridgehead atoms. The highest BCUT2D eigenvalue weighted by molar-refractivity contribution is 5.70. The maximum absolute atomic E-state index is 10.6. The van der Waals surface area contributed by atoms with Crippen molar-refractivity contribution in [1.29, 1.82) is 0 Å². The molecule has 0 aromatic carbocycles. The summed E-state index contributed by atoms with van der Waals surface area (Å²) in [6.45, 7) is 1.68. The molecule has 0 N–H and O–H groups in total. The number of nitrogens with zero attached hydrogens (tertiary/aromatic N) is 2. The van der Waals surface area contributed by atoms with Gasteiger partial charge in [-0.3, -0.25) is 4.79 Å². The zero-order valence-electron chi connectivity index (χ0n) is 6.33. The normalized spacial score (nSPS) is 9.64. The summed E-state index contributed by atoms with van der Waals surface area (Å²) in [7, 11) is 1.31. The molecule has 1 rings (SSSR count). The molecule has 0 spiro atoms. The number of hydrogen-bond acceptors (Lipinski definition) is 5. The monoisotopic (exact) mass is 156 g/mol. The molecule has 5 nitrogen and oxygen atoms in total. The lowest BCUT2D eigenvalue weighted by Gasteiger charge is -1.91. The summed E-state index contributed by atoms with van der Waals surface area (Å²) in [6, 6.07) is 0. The first-order valence-corrected chi connectivity index (χ1v) is 3.08. The molecule has 11 heavy (non-hydrogen) atoms. The van der Waals surface area contributed by atoms with E-state index >= 15 is 0 Å². The Bertz CT molecular complexity index is 256. The largest absolute Gasteiger partial charge is 0.469 e. The lowest BCUT2D eigenvalue weighted by atomic mass is 10.4. The molecule has 0 aliphatic heterocycles. The van der Waals surface area contributed by atoms with E-state index in [1.807, 2.05) is 0 Å². The second kappa shape index (κ2) is 3.14. The standard InChI is InChI=1S/C6H8N2O3/c1-4-7-5(11-8-4)3-6(9)10-2/h3H2,1-2H3. The van der Waals surface area contributed by atoms with Crippen LogP contribution in [0.1, 0.15) is 11.7 Å². The molecular formula is C6H8N2O3. The van der Waals surface area contributed by atoms with Crippen LogP contribution < -0.4 is 0 Å². The number of carbonyl (C=O) groups excluding carboxylic acids is 1. The first-order chi connectivity index (χ1) is 5.22. The van der Waals surface area contributed by atoms with Crippen LogP contribution in [0.25, 0.3) is 0 Å². The Morgan fingerprint density at radius 2 is 2.45 bits per heavy atom. The van der Waals surface area contributed by atoms with Crippen molar-refractivity contribution in [3.63, 3.8) is 0 Å². The second-order valence-electron chi connectivity index (χ2n) is 1.99. The van der Waals surface area contributed by atoms with Crippen LogP contribution in [0.15, 0.2) is 4.52 Å². The van der Waals surface area contributed by atoms with E-state index in [1.165, 1.54) is 7.11 Å². The predicted molar refractivity (Wildman–Crippen MR) is 34.8 cm³/mol. The van der Waals surface area contributed by atoms with Crippen molar-refractivity contribution in [2.45, 2.75) is 13.3 Å². The summed E-state index contributed by atoms with van der Waals surface area (Å²) < 4.78 is 9.07. The topological polar surface area (TPSA) is 65.2 Å². The Kier molecular flexibility index (Phi) is 2.20. The average molecular weight is 156 g/mol. The summed E-state index contributed by atoms with van der Waals surface area (Å²) in [6.07, 6.45) is 0.0390. The van der Waals surface area contributed by atoms with Crippen LogP contribution in [0.3, 0.4) is 0 Å². The van der Waals surface area contributed by atoms with Gasteiger partial charge in [-0.15, -0.1) is 0 Å². The van der Waals surface area contributed by atoms with Crippen molar-refractivity contribution < 1.29 is 14.1 Å². The van der Waals surface area contributed by atoms with E-state index in [2.05, 4.69) is 19.4 Å². The molecule has 0 saturated carbocycles. The fraction of sp³-hybridized carbons (Fsp3) is 0.500. The van der Waals surface area contributed by atoms with Crippen molar-refractivity contribution >= 4 is 5.97 Å². The molecule has 0 radical (unpaired) electrons.